The fourth-order valence-electron chi connectivity index (χ4n) is 1.39. The lowest BCUT2D eigenvalue weighted by molar-refractivity contribution is -0.144. The Hall–Kier alpha value is -1.14. The van der Waals surface area contributed by atoms with E-state index in [-0.39, 0.29) is 31.5 Å². The van der Waals surface area contributed by atoms with E-state index in [0.717, 1.165) is 0 Å². The zero-order valence-corrected chi connectivity index (χ0v) is 11.2. The largest absolute Gasteiger partial charge is 0.466 e. The number of ether oxygens (including phenoxy) is 2. The predicted molar refractivity (Wildman–Crippen MR) is 66.0 cm³/mol. The number of hydrogen-bond acceptors (Lipinski definition) is 5. The van der Waals surface area contributed by atoms with E-state index in [0.29, 0.717) is 32.7 Å². The normalized spacial score (nSPS) is 10.2. The van der Waals surface area contributed by atoms with Crippen LogP contribution in [0.1, 0.15) is 26.7 Å². The Morgan fingerprint density at radius 2 is 1.89 bits per heavy atom. The summed E-state index contributed by atoms with van der Waals surface area (Å²) in [6.45, 7) is 5.20. The Labute approximate surface area is 108 Å². The minimum absolute atomic E-state index is 0.0214. The molecule has 0 atom stereocenters. The van der Waals surface area contributed by atoms with Crippen LogP contribution in [0.25, 0.3) is 0 Å². The molecule has 18 heavy (non-hydrogen) atoms. The fourth-order valence-corrected chi connectivity index (χ4v) is 1.39. The van der Waals surface area contributed by atoms with Gasteiger partial charge in [0.1, 0.15) is 0 Å². The van der Waals surface area contributed by atoms with Crippen LogP contribution in [0.5, 0.6) is 0 Å². The summed E-state index contributed by atoms with van der Waals surface area (Å²) in [5.74, 6) is -0.324. The van der Waals surface area contributed by atoms with Crippen molar-refractivity contribution in [3.63, 3.8) is 0 Å². The molecule has 6 heteroatoms. The van der Waals surface area contributed by atoms with Gasteiger partial charge in [-0.1, -0.05) is 6.92 Å². The molecule has 6 nitrogen and oxygen atoms in total. The third-order valence-electron chi connectivity index (χ3n) is 2.29. The maximum atomic E-state index is 11.6. The van der Waals surface area contributed by atoms with Crippen LogP contribution in [-0.2, 0) is 19.1 Å². The highest BCUT2D eigenvalue weighted by Gasteiger charge is 2.13. The van der Waals surface area contributed by atoms with Gasteiger partial charge in [-0.3, -0.25) is 9.59 Å². The number of aliphatic hydroxyl groups is 1. The van der Waals surface area contributed by atoms with Gasteiger partial charge in [0.2, 0.25) is 5.91 Å². The average molecular weight is 261 g/mol. The van der Waals surface area contributed by atoms with Crippen LogP contribution >= 0.6 is 0 Å². The van der Waals surface area contributed by atoms with Gasteiger partial charge in [-0.05, 0) is 6.92 Å². The Morgan fingerprint density at radius 3 is 2.44 bits per heavy atom. The summed E-state index contributed by atoms with van der Waals surface area (Å²) < 4.78 is 9.91. The number of hydrogen-bond donors (Lipinski definition) is 1. The first-order valence-corrected chi connectivity index (χ1v) is 6.27. The molecule has 0 aliphatic heterocycles. The molecule has 0 heterocycles. The van der Waals surface area contributed by atoms with E-state index in [9.17, 15) is 9.59 Å². The number of carbonyl (C=O) groups is 2. The lowest BCUT2D eigenvalue weighted by atomic mass is 10.3. The number of carbonyl (C=O) groups excluding carboxylic acids is 2. The van der Waals surface area contributed by atoms with Crippen molar-refractivity contribution in [2.45, 2.75) is 26.7 Å². The van der Waals surface area contributed by atoms with Gasteiger partial charge < -0.3 is 19.5 Å². The number of amides is 1. The molecule has 0 aromatic rings. The molecule has 1 amide bonds. The highest BCUT2D eigenvalue weighted by molar-refractivity contribution is 5.77. The van der Waals surface area contributed by atoms with Gasteiger partial charge in [-0.15, -0.1) is 0 Å². The molecule has 0 aliphatic carbocycles. The molecule has 0 unspecified atom stereocenters. The summed E-state index contributed by atoms with van der Waals surface area (Å²) in [5.41, 5.74) is 0. The third kappa shape index (κ3) is 8.03. The second-order valence-corrected chi connectivity index (χ2v) is 3.63. The first kappa shape index (κ1) is 16.9. The summed E-state index contributed by atoms with van der Waals surface area (Å²) in [4.78, 5) is 24.4. The molecule has 1 N–H and O–H groups in total. The van der Waals surface area contributed by atoms with E-state index in [4.69, 9.17) is 14.6 Å². The number of esters is 1. The molecule has 106 valence electrons. The van der Waals surface area contributed by atoms with Crippen LogP contribution in [0.3, 0.4) is 0 Å². The zero-order valence-electron chi connectivity index (χ0n) is 11.2. The van der Waals surface area contributed by atoms with E-state index in [1.54, 1.807) is 18.7 Å². The molecule has 0 aromatic carbocycles. The van der Waals surface area contributed by atoms with E-state index in [1.165, 1.54) is 0 Å². The summed E-state index contributed by atoms with van der Waals surface area (Å²) >= 11 is 0. The molecule has 0 bridgehead atoms. The molecule has 0 aromatic heterocycles. The standard InChI is InChI=1S/C12H23NO5/c1-3-11(15)13(7-9-17-10-8-14)6-5-12(16)18-4-2/h14H,3-10H2,1-2H3. The highest BCUT2D eigenvalue weighted by Crippen LogP contribution is 1.98. The van der Waals surface area contributed by atoms with E-state index >= 15 is 0 Å². The predicted octanol–water partition coefficient (Wildman–Crippen LogP) is 0.187. The van der Waals surface area contributed by atoms with Crippen molar-refractivity contribution < 1.29 is 24.2 Å². The summed E-state index contributed by atoms with van der Waals surface area (Å²) in [6.07, 6.45) is 0.586. The van der Waals surface area contributed by atoms with Gasteiger partial charge in [-0.25, -0.2) is 0 Å². The van der Waals surface area contributed by atoms with Crippen LogP contribution in [0.15, 0.2) is 0 Å². The average Bonchev–Trinajstić information content (AvgIpc) is 2.37. The molecular formula is C12H23NO5. The summed E-state index contributed by atoms with van der Waals surface area (Å²) in [5, 5.41) is 8.56. The minimum Gasteiger partial charge on any atom is -0.466 e. The molecule has 0 spiro atoms. The van der Waals surface area contributed by atoms with E-state index in [1.807, 2.05) is 0 Å². The molecule has 0 radical (unpaired) electrons. The first-order valence-electron chi connectivity index (χ1n) is 6.27. The monoisotopic (exact) mass is 261 g/mol. The molecule has 0 rings (SSSR count). The number of rotatable bonds is 10. The topological polar surface area (TPSA) is 76.1 Å². The Kier molecular flexibility index (Phi) is 10.3. The van der Waals surface area contributed by atoms with Gasteiger partial charge in [0.15, 0.2) is 0 Å². The zero-order chi connectivity index (χ0) is 13.8. The quantitative estimate of drug-likeness (QED) is 0.448. The molecule has 0 saturated heterocycles. The SMILES string of the molecule is CCOC(=O)CCN(CCOCCO)C(=O)CC. The maximum absolute atomic E-state index is 11.6. The molecule has 0 fully saturated rings. The van der Waals surface area contributed by atoms with Gasteiger partial charge >= 0.3 is 5.97 Å². The number of nitrogens with zero attached hydrogens (tertiary/aromatic N) is 1. The van der Waals surface area contributed by atoms with Crippen LogP contribution < -0.4 is 0 Å². The Balaban J connectivity index is 3.99. The van der Waals surface area contributed by atoms with Gasteiger partial charge in [0, 0.05) is 19.5 Å². The second kappa shape index (κ2) is 11.0. The van der Waals surface area contributed by atoms with Crippen molar-refractivity contribution in [1.29, 1.82) is 0 Å². The summed E-state index contributed by atoms with van der Waals surface area (Å²) in [7, 11) is 0. The van der Waals surface area contributed by atoms with Crippen molar-refractivity contribution in [3.8, 4) is 0 Å². The van der Waals surface area contributed by atoms with Crippen molar-refractivity contribution in [3.05, 3.63) is 0 Å². The molecule has 0 aliphatic rings. The smallest absolute Gasteiger partial charge is 0.307 e. The lowest BCUT2D eigenvalue weighted by Gasteiger charge is -2.21. The number of aliphatic hydroxyl groups excluding tert-OH is 1. The van der Waals surface area contributed by atoms with Crippen LogP contribution in [-0.4, -0.2) is 61.4 Å². The molecular weight excluding hydrogens is 238 g/mol. The van der Waals surface area contributed by atoms with Crippen molar-refractivity contribution in [2.75, 3.05) is 39.5 Å². The fraction of sp³-hybridized carbons (Fsp3) is 0.833. The van der Waals surface area contributed by atoms with Gasteiger partial charge in [0.05, 0.1) is 32.8 Å². The Bertz CT molecular complexity index is 245. The first-order chi connectivity index (χ1) is 8.65. The Morgan fingerprint density at radius 1 is 1.17 bits per heavy atom. The van der Waals surface area contributed by atoms with Gasteiger partial charge in [-0.2, -0.15) is 0 Å². The second-order valence-electron chi connectivity index (χ2n) is 3.63. The highest BCUT2D eigenvalue weighted by atomic mass is 16.5. The van der Waals surface area contributed by atoms with Crippen molar-refractivity contribution in [1.82, 2.24) is 4.90 Å². The van der Waals surface area contributed by atoms with Crippen LogP contribution in [0.2, 0.25) is 0 Å². The minimum atomic E-state index is -0.303. The van der Waals surface area contributed by atoms with E-state index < -0.39 is 0 Å². The lowest BCUT2D eigenvalue weighted by Crippen LogP contribution is -2.35. The summed E-state index contributed by atoms with van der Waals surface area (Å²) in [6, 6.07) is 0. The van der Waals surface area contributed by atoms with Crippen molar-refractivity contribution in [2.24, 2.45) is 0 Å². The third-order valence-corrected chi connectivity index (χ3v) is 2.29. The van der Waals surface area contributed by atoms with E-state index in [2.05, 4.69) is 0 Å². The molecule has 0 saturated carbocycles. The van der Waals surface area contributed by atoms with Crippen molar-refractivity contribution >= 4 is 11.9 Å². The maximum Gasteiger partial charge on any atom is 0.307 e. The van der Waals surface area contributed by atoms with Gasteiger partial charge in [0.25, 0.3) is 0 Å². The van der Waals surface area contributed by atoms with Crippen LogP contribution in [0, 0.1) is 0 Å². The van der Waals surface area contributed by atoms with Crippen LogP contribution in [0.4, 0.5) is 0 Å².